The molecule has 0 radical (unpaired) electrons. The molecule has 0 spiro atoms. The Bertz CT molecular complexity index is 896. The number of carbonyl (C=O) groups excluding carboxylic acids is 2. The largest absolute Gasteiger partial charge is 0.372 e. The lowest BCUT2D eigenvalue weighted by Crippen LogP contribution is -2.45. The van der Waals surface area contributed by atoms with E-state index in [-0.39, 0.29) is 24.1 Å². The maximum absolute atomic E-state index is 12.2. The second-order valence-corrected chi connectivity index (χ2v) is 7.78. The van der Waals surface area contributed by atoms with Crippen LogP contribution < -0.4 is 20.9 Å². The zero-order valence-corrected chi connectivity index (χ0v) is 18.0. The third kappa shape index (κ3) is 6.08. The van der Waals surface area contributed by atoms with Gasteiger partial charge in [0.25, 0.3) is 0 Å². The number of carbonyl (C=O) groups is 2. The molecular weight excluding hydrogens is 406 g/mol. The first-order valence-corrected chi connectivity index (χ1v) is 10.2. The molecule has 9 heteroatoms. The molecule has 0 aliphatic carbocycles. The number of hydrogen-bond acceptors (Lipinski definition) is 5. The molecule has 2 atom stereocenters. The first-order chi connectivity index (χ1) is 14.3. The molecule has 1 aromatic heterocycles. The van der Waals surface area contributed by atoms with E-state index in [1.54, 1.807) is 24.4 Å². The van der Waals surface area contributed by atoms with Crippen molar-refractivity contribution >= 4 is 40.7 Å². The van der Waals surface area contributed by atoms with Crippen LogP contribution >= 0.6 is 11.6 Å². The molecule has 0 saturated carbocycles. The highest BCUT2D eigenvalue weighted by Gasteiger charge is 2.23. The molecule has 2 aromatic rings. The number of morpholine rings is 1. The summed E-state index contributed by atoms with van der Waals surface area (Å²) in [6.45, 7) is 7.46. The van der Waals surface area contributed by atoms with Crippen LogP contribution in [0, 0.1) is 0 Å². The molecule has 160 valence electrons. The topological polar surface area (TPSA) is 95.6 Å². The Morgan fingerprint density at radius 3 is 2.50 bits per heavy atom. The Morgan fingerprint density at radius 1 is 1.17 bits per heavy atom. The smallest absolute Gasteiger partial charge is 0.319 e. The van der Waals surface area contributed by atoms with Gasteiger partial charge in [-0.3, -0.25) is 4.79 Å². The molecule has 2 unspecified atom stereocenters. The van der Waals surface area contributed by atoms with E-state index in [0.29, 0.717) is 22.9 Å². The molecule has 1 aliphatic heterocycles. The summed E-state index contributed by atoms with van der Waals surface area (Å²) in [7, 11) is 0. The number of ether oxygens (including phenoxy) is 1. The number of aromatic nitrogens is 1. The molecule has 1 aromatic carbocycles. The van der Waals surface area contributed by atoms with Crippen LogP contribution in [0.2, 0.25) is 5.02 Å². The lowest BCUT2D eigenvalue weighted by atomic mass is 10.2. The Morgan fingerprint density at radius 2 is 1.90 bits per heavy atom. The number of nitrogens with zero attached hydrogens (tertiary/aromatic N) is 2. The van der Waals surface area contributed by atoms with Gasteiger partial charge in [0, 0.05) is 38.4 Å². The predicted octanol–water partition coefficient (Wildman–Crippen LogP) is 3.63. The van der Waals surface area contributed by atoms with Crippen molar-refractivity contribution in [2.45, 2.75) is 39.5 Å². The predicted molar refractivity (Wildman–Crippen MR) is 118 cm³/mol. The van der Waals surface area contributed by atoms with Gasteiger partial charge >= 0.3 is 6.03 Å². The standard InChI is InChI=1S/C21H26ClN5O3/c1-13-11-27(12-14(2)30-13)20-7-4-16(9-23-20)10-24-21(29)26-19-6-5-17(8-18(19)22)25-15(3)28/h4-9,13-14H,10-12H2,1-3H3,(H,25,28)(H2,24,26,29). The normalized spacial score (nSPS) is 18.6. The monoisotopic (exact) mass is 431 g/mol. The van der Waals surface area contributed by atoms with E-state index in [9.17, 15) is 9.59 Å². The van der Waals surface area contributed by atoms with Gasteiger partial charge in [0.2, 0.25) is 5.91 Å². The lowest BCUT2D eigenvalue weighted by molar-refractivity contribution is -0.114. The minimum Gasteiger partial charge on any atom is -0.372 e. The van der Waals surface area contributed by atoms with E-state index in [0.717, 1.165) is 24.5 Å². The average molecular weight is 432 g/mol. The number of hydrogen-bond donors (Lipinski definition) is 3. The van der Waals surface area contributed by atoms with Crippen LogP contribution in [0.3, 0.4) is 0 Å². The summed E-state index contributed by atoms with van der Waals surface area (Å²) < 4.78 is 5.76. The first kappa shape index (κ1) is 21.9. The summed E-state index contributed by atoms with van der Waals surface area (Å²) >= 11 is 6.17. The summed E-state index contributed by atoms with van der Waals surface area (Å²) in [5, 5.41) is 8.45. The van der Waals surface area contributed by atoms with Crippen molar-refractivity contribution in [3.8, 4) is 0 Å². The number of nitrogens with one attached hydrogen (secondary N) is 3. The van der Waals surface area contributed by atoms with Crippen LogP contribution in [-0.2, 0) is 16.1 Å². The summed E-state index contributed by atoms with van der Waals surface area (Å²) in [5.74, 6) is 0.707. The van der Waals surface area contributed by atoms with Gasteiger partial charge in [-0.05, 0) is 43.7 Å². The van der Waals surface area contributed by atoms with Crippen LogP contribution in [0.1, 0.15) is 26.3 Å². The zero-order chi connectivity index (χ0) is 21.7. The lowest BCUT2D eigenvalue weighted by Gasteiger charge is -2.36. The number of benzene rings is 1. The number of anilines is 3. The first-order valence-electron chi connectivity index (χ1n) is 9.77. The van der Waals surface area contributed by atoms with E-state index >= 15 is 0 Å². The molecule has 1 saturated heterocycles. The highest BCUT2D eigenvalue weighted by Crippen LogP contribution is 2.25. The van der Waals surface area contributed by atoms with E-state index in [2.05, 4.69) is 39.7 Å². The van der Waals surface area contributed by atoms with Gasteiger partial charge in [-0.25, -0.2) is 9.78 Å². The van der Waals surface area contributed by atoms with Gasteiger partial charge in [0.15, 0.2) is 0 Å². The number of halogens is 1. The van der Waals surface area contributed by atoms with Crippen molar-refractivity contribution in [3.63, 3.8) is 0 Å². The van der Waals surface area contributed by atoms with E-state index < -0.39 is 0 Å². The Balaban J connectivity index is 1.52. The summed E-state index contributed by atoms with van der Waals surface area (Å²) in [6.07, 6.45) is 2.09. The van der Waals surface area contributed by atoms with Crippen LogP contribution in [0.25, 0.3) is 0 Å². The van der Waals surface area contributed by atoms with Gasteiger partial charge in [-0.1, -0.05) is 17.7 Å². The molecule has 0 bridgehead atoms. The third-order valence-electron chi connectivity index (χ3n) is 4.54. The minimum absolute atomic E-state index is 0.166. The third-order valence-corrected chi connectivity index (χ3v) is 4.86. The van der Waals surface area contributed by atoms with Crippen molar-refractivity contribution < 1.29 is 14.3 Å². The number of amides is 3. The van der Waals surface area contributed by atoms with Gasteiger partial charge < -0.3 is 25.6 Å². The van der Waals surface area contributed by atoms with E-state index in [4.69, 9.17) is 16.3 Å². The fraction of sp³-hybridized carbons (Fsp3) is 0.381. The molecule has 3 N–H and O–H groups in total. The van der Waals surface area contributed by atoms with Gasteiger partial charge in [0.1, 0.15) is 5.82 Å². The number of urea groups is 1. The highest BCUT2D eigenvalue weighted by atomic mass is 35.5. The fourth-order valence-corrected chi connectivity index (χ4v) is 3.55. The van der Waals surface area contributed by atoms with Crippen molar-refractivity contribution in [2.24, 2.45) is 0 Å². The summed E-state index contributed by atoms with van der Waals surface area (Å²) in [6, 6.07) is 8.39. The molecule has 1 fully saturated rings. The molecule has 3 amide bonds. The van der Waals surface area contributed by atoms with E-state index in [1.807, 2.05) is 12.1 Å². The summed E-state index contributed by atoms with van der Waals surface area (Å²) in [5.41, 5.74) is 1.90. The van der Waals surface area contributed by atoms with Crippen LogP contribution in [-0.4, -0.2) is 42.2 Å². The maximum atomic E-state index is 12.2. The Hall–Kier alpha value is -2.84. The number of rotatable bonds is 5. The molecule has 1 aliphatic rings. The molecule has 8 nitrogen and oxygen atoms in total. The van der Waals surface area contributed by atoms with Crippen molar-refractivity contribution in [1.29, 1.82) is 0 Å². The van der Waals surface area contributed by atoms with Crippen LogP contribution in [0.5, 0.6) is 0 Å². The van der Waals surface area contributed by atoms with Gasteiger partial charge in [-0.15, -0.1) is 0 Å². The van der Waals surface area contributed by atoms with Crippen molar-refractivity contribution in [2.75, 3.05) is 28.6 Å². The summed E-state index contributed by atoms with van der Waals surface area (Å²) in [4.78, 5) is 30.0. The molecule has 3 rings (SSSR count). The SMILES string of the molecule is CC(=O)Nc1ccc(NC(=O)NCc2ccc(N3CC(C)OC(C)C3)nc2)c(Cl)c1. The second-order valence-electron chi connectivity index (χ2n) is 7.37. The fourth-order valence-electron chi connectivity index (χ4n) is 3.32. The second kappa shape index (κ2) is 9.77. The van der Waals surface area contributed by atoms with Crippen LogP contribution in [0.15, 0.2) is 36.5 Å². The quantitative estimate of drug-likeness (QED) is 0.671. The molecule has 2 heterocycles. The van der Waals surface area contributed by atoms with Crippen molar-refractivity contribution in [3.05, 3.63) is 47.1 Å². The Labute approximate surface area is 181 Å². The van der Waals surface area contributed by atoms with Gasteiger partial charge in [-0.2, -0.15) is 0 Å². The van der Waals surface area contributed by atoms with Crippen molar-refractivity contribution in [1.82, 2.24) is 10.3 Å². The number of pyridine rings is 1. The highest BCUT2D eigenvalue weighted by molar-refractivity contribution is 6.34. The maximum Gasteiger partial charge on any atom is 0.319 e. The average Bonchev–Trinajstić information content (AvgIpc) is 2.68. The zero-order valence-electron chi connectivity index (χ0n) is 17.2. The Kier molecular flexibility index (Phi) is 7.12. The van der Waals surface area contributed by atoms with Crippen LogP contribution in [0.4, 0.5) is 22.0 Å². The van der Waals surface area contributed by atoms with E-state index in [1.165, 1.54) is 6.92 Å². The van der Waals surface area contributed by atoms with Gasteiger partial charge in [0.05, 0.1) is 22.9 Å². The molecular formula is C21H26ClN5O3. The minimum atomic E-state index is -0.385. The molecule has 30 heavy (non-hydrogen) atoms.